The molecule has 0 saturated carbocycles. The van der Waals surface area contributed by atoms with Crippen LogP contribution in [0.2, 0.25) is 0 Å². The van der Waals surface area contributed by atoms with Gasteiger partial charge < -0.3 is 9.84 Å². The first kappa shape index (κ1) is 13.8. The van der Waals surface area contributed by atoms with Crippen molar-refractivity contribution in [2.24, 2.45) is 5.41 Å². The third-order valence-corrected chi connectivity index (χ3v) is 5.07. The summed E-state index contributed by atoms with van der Waals surface area (Å²) in [6, 6.07) is 8.00. The Bertz CT molecular complexity index is 417. The van der Waals surface area contributed by atoms with Crippen LogP contribution < -0.4 is 4.74 Å². The molecule has 1 aliphatic rings. The van der Waals surface area contributed by atoms with E-state index in [-0.39, 0.29) is 5.41 Å². The highest BCUT2D eigenvalue weighted by molar-refractivity contribution is 7.99. The first-order valence-corrected chi connectivity index (χ1v) is 7.51. The molecule has 1 aliphatic heterocycles. The maximum atomic E-state index is 10.8. The molecule has 18 heavy (non-hydrogen) atoms. The van der Waals surface area contributed by atoms with E-state index in [9.17, 15) is 5.11 Å². The number of benzene rings is 1. The number of aliphatic hydroxyl groups is 1. The summed E-state index contributed by atoms with van der Waals surface area (Å²) in [5.74, 6) is 2.82. The molecule has 1 aromatic carbocycles. The Kier molecular flexibility index (Phi) is 3.93. The molecule has 1 N–H and O–H groups in total. The van der Waals surface area contributed by atoms with Crippen LogP contribution in [-0.4, -0.2) is 29.3 Å². The van der Waals surface area contributed by atoms with Gasteiger partial charge in [0, 0.05) is 12.2 Å². The molecule has 1 aromatic rings. The molecule has 1 atom stereocenters. The van der Waals surface area contributed by atoms with Gasteiger partial charge in [-0.1, -0.05) is 26.0 Å². The predicted molar refractivity (Wildman–Crippen MR) is 77.4 cm³/mol. The van der Waals surface area contributed by atoms with E-state index in [0.29, 0.717) is 6.42 Å². The highest BCUT2D eigenvalue weighted by Gasteiger charge is 2.38. The van der Waals surface area contributed by atoms with Crippen LogP contribution in [0.4, 0.5) is 0 Å². The third-order valence-electron chi connectivity index (χ3n) is 3.34. The molecule has 1 saturated heterocycles. The third kappa shape index (κ3) is 3.42. The molecule has 0 spiro atoms. The van der Waals surface area contributed by atoms with Crippen LogP contribution in [0.3, 0.4) is 0 Å². The van der Waals surface area contributed by atoms with Crippen molar-refractivity contribution in [3.8, 4) is 5.75 Å². The van der Waals surface area contributed by atoms with Gasteiger partial charge in [-0.3, -0.25) is 0 Å². The van der Waals surface area contributed by atoms with Crippen molar-refractivity contribution in [2.45, 2.75) is 32.3 Å². The zero-order valence-corrected chi connectivity index (χ0v) is 12.2. The maximum absolute atomic E-state index is 10.8. The minimum absolute atomic E-state index is 0.219. The van der Waals surface area contributed by atoms with E-state index >= 15 is 0 Å². The van der Waals surface area contributed by atoms with Crippen molar-refractivity contribution in [2.75, 3.05) is 18.6 Å². The van der Waals surface area contributed by atoms with E-state index in [1.807, 2.05) is 30.0 Å². The molecular formula is C15H22O2S. The highest BCUT2D eigenvalue weighted by atomic mass is 32.2. The van der Waals surface area contributed by atoms with Gasteiger partial charge in [-0.15, -0.1) is 0 Å². The van der Waals surface area contributed by atoms with Crippen molar-refractivity contribution in [3.63, 3.8) is 0 Å². The van der Waals surface area contributed by atoms with Gasteiger partial charge in [0.25, 0.3) is 0 Å². The SMILES string of the molecule is COc1cccc(CC2(O)CSCC(C)(C)C2)c1. The zero-order valence-electron chi connectivity index (χ0n) is 11.4. The maximum Gasteiger partial charge on any atom is 0.119 e. The van der Waals surface area contributed by atoms with E-state index in [2.05, 4.69) is 19.9 Å². The quantitative estimate of drug-likeness (QED) is 0.911. The molecule has 1 fully saturated rings. The predicted octanol–water partition coefficient (Wildman–Crippen LogP) is 3.13. The summed E-state index contributed by atoms with van der Waals surface area (Å²) in [5.41, 5.74) is 0.783. The molecular weight excluding hydrogens is 244 g/mol. The van der Waals surface area contributed by atoms with E-state index in [1.165, 1.54) is 0 Å². The standard InChI is InChI=1S/C15H22O2S/c1-14(2)9-15(16,11-18-10-14)8-12-5-4-6-13(7-12)17-3/h4-7,16H,8-11H2,1-3H3. The fourth-order valence-corrected chi connectivity index (χ4v) is 4.13. The molecule has 1 unspecified atom stereocenters. The number of ether oxygens (including phenoxy) is 1. The van der Waals surface area contributed by atoms with E-state index in [4.69, 9.17) is 4.74 Å². The minimum Gasteiger partial charge on any atom is -0.497 e. The zero-order chi connectivity index (χ0) is 13.2. The van der Waals surface area contributed by atoms with Crippen LogP contribution in [0, 0.1) is 5.41 Å². The summed E-state index contributed by atoms with van der Waals surface area (Å²) in [7, 11) is 1.67. The van der Waals surface area contributed by atoms with Crippen molar-refractivity contribution in [1.29, 1.82) is 0 Å². The fraction of sp³-hybridized carbons (Fsp3) is 0.600. The lowest BCUT2D eigenvalue weighted by Crippen LogP contribution is -2.44. The summed E-state index contributed by atoms with van der Waals surface area (Å²) < 4.78 is 5.23. The Morgan fingerprint density at radius 3 is 2.78 bits per heavy atom. The topological polar surface area (TPSA) is 29.5 Å². The molecule has 0 radical (unpaired) electrons. The highest BCUT2D eigenvalue weighted by Crippen LogP contribution is 2.40. The van der Waals surface area contributed by atoms with Gasteiger partial charge in [-0.2, -0.15) is 11.8 Å². The number of hydrogen-bond acceptors (Lipinski definition) is 3. The monoisotopic (exact) mass is 266 g/mol. The van der Waals surface area contributed by atoms with Crippen LogP contribution >= 0.6 is 11.8 Å². The molecule has 3 heteroatoms. The fourth-order valence-electron chi connectivity index (χ4n) is 2.79. The summed E-state index contributed by atoms with van der Waals surface area (Å²) in [6.07, 6.45) is 1.57. The second kappa shape index (κ2) is 5.14. The lowest BCUT2D eigenvalue weighted by Gasteiger charge is -2.41. The molecule has 2 rings (SSSR count). The number of rotatable bonds is 3. The molecule has 0 aromatic heterocycles. The Balaban J connectivity index is 2.11. The normalized spacial score (nSPS) is 26.9. The van der Waals surface area contributed by atoms with Gasteiger partial charge in [0.2, 0.25) is 0 Å². The number of methoxy groups -OCH3 is 1. The molecule has 2 nitrogen and oxygen atoms in total. The van der Waals surface area contributed by atoms with Crippen LogP contribution in [0.25, 0.3) is 0 Å². The van der Waals surface area contributed by atoms with Crippen molar-refractivity contribution < 1.29 is 9.84 Å². The van der Waals surface area contributed by atoms with E-state index in [0.717, 1.165) is 29.2 Å². The Morgan fingerprint density at radius 2 is 2.11 bits per heavy atom. The first-order chi connectivity index (χ1) is 8.42. The van der Waals surface area contributed by atoms with Gasteiger partial charge in [-0.25, -0.2) is 0 Å². The molecule has 0 amide bonds. The minimum atomic E-state index is -0.585. The molecule has 100 valence electrons. The Hall–Kier alpha value is -0.670. The summed E-state index contributed by atoms with van der Waals surface area (Å²) in [5, 5.41) is 10.8. The van der Waals surface area contributed by atoms with Crippen LogP contribution in [0.15, 0.2) is 24.3 Å². The van der Waals surface area contributed by atoms with Crippen LogP contribution in [-0.2, 0) is 6.42 Å². The number of hydrogen-bond donors (Lipinski definition) is 1. The van der Waals surface area contributed by atoms with Gasteiger partial charge in [0.1, 0.15) is 5.75 Å². The van der Waals surface area contributed by atoms with Gasteiger partial charge in [0.05, 0.1) is 12.7 Å². The van der Waals surface area contributed by atoms with E-state index in [1.54, 1.807) is 7.11 Å². The van der Waals surface area contributed by atoms with Gasteiger partial charge >= 0.3 is 0 Å². The smallest absolute Gasteiger partial charge is 0.119 e. The van der Waals surface area contributed by atoms with Gasteiger partial charge in [-0.05, 0) is 35.3 Å². The Labute approximate surface area is 114 Å². The van der Waals surface area contributed by atoms with Crippen LogP contribution in [0.1, 0.15) is 25.8 Å². The lowest BCUT2D eigenvalue weighted by molar-refractivity contribution is 0.0200. The van der Waals surface area contributed by atoms with Gasteiger partial charge in [0.15, 0.2) is 0 Å². The second-order valence-corrected chi connectivity index (χ2v) is 7.07. The van der Waals surface area contributed by atoms with Crippen molar-refractivity contribution in [3.05, 3.63) is 29.8 Å². The van der Waals surface area contributed by atoms with E-state index < -0.39 is 5.60 Å². The summed E-state index contributed by atoms with van der Waals surface area (Å²) in [4.78, 5) is 0. The van der Waals surface area contributed by atoms with Crippen LogP contribution in [0.5, 0.6) is 5.75 Å². The summed E-state index contributed by atoms with van der Waals surface area (Å²) in [6.45, 7) is 4.46. The van der Waals surface area contributed by atoms with Crippen molar-refractivity contribution in [1.82, 2.24) is 0 Å². The average Bonchev–Trinajstić information content (AvgIpc) is 2.26. The number of thioether (sulfide) groups is 1. The molecule has 1 heterocycles. The largest absolute Gasteiger partial charge is 0.497 e. The average molecular weight is 266 g/mol. The Morgan fingerprint density at radius 1 is 1.33 bits per heavy atom. The molecule has 0 aliphatic carbocycles. The van der Waals surface area contributed by atoms with Crippen molar-refractivity contribution >= 4 is 11.8 Å². The lowest BCUT2D eigenvalue weighted by atomic mass is 9.79. The molecule has 0 bridgehead atoms. The first-order valence-electron chi connectivity index (χ1n) is 6.36. The second-order valence-electron chi connectivity index (χ2n) is 6.09. The summed E-state index contributed by atoms with van der Waals surface area (Å²) >= 11 is 1.86.